The van der Waals surface area contributed by atoms with Crippen molar-refractivity contribution < 1.29 is 13.8 Å². The average Bonchev–Trinajstić information content (AvgIpc) is 2.18. The van der Waals surface area contributed by atoms with Crippen LogP contribution in [0.25, 0.3) is 0 Å². The Balaban J connectivity index is 2.97. The highest BCUT2D eigenvalue weighted by atomic mass is 31.1. The maximum Gasteiger partial charge on any atom is 0.224 e. The molecule has 13 heavy (non-hydrogen) atoms. The summed E-state index contributed by atoms with van der Waals surface area (Å²) in [4.78, 5) is 0. The third kappa shape index (κ3) is 2.58. The van der Waals surface area contributed by atoms with E-state index in [1.807, 2.05) is 19.1 Å². The first kappa shape index (κ1) is 10.3. The van der Waals surface area contributed by atoms with Gasteiger partial charge in [-0.15, -0.1) is 0 Å². The molecule has 0 amide bonds. The number of para-hydroxylation sites is 1. The lowest BCUT2D eigenvalue weighted by molar-refractivity contribution is 0.341. The van der Waals surface area contributed by atoms with Crippen molar-refractivity contribution in [1.29, 1.82) is 0 Å². The molecule has 0 saturated carbocycles. The molecule has 0 bridgehead atoms. The highest BCUT2D eigenvalue weighted by Crippen LogP contribution is 2.25. The van der Waals surface area contributed by atoms with E-state index in [0.29, 0.717) is 17.7 Å². The largest absolute Gasteiger partial charge is 0.493 e. The topological polar surface area (TPSA) is 35.5 Å². The zero-order chi connectivity index (χ0) is 9.68. The van der Waals surface area contributed by atoms with Crippen LogP contribution in [0.4, 0.5) is 0 Å². The highest BCUT2D eigenvalue weighted by Gasteiger charge is 2.07. The van der Waals surface area contributed by atoms with E-state index in [9.17, 15) is 4.57 Å². The van der Waals surface area contributed by atoms with E-state index in [1.165, 1.54) is 7.11 Å². The first-order valence-corrected chi connectivity index (χ1v) is 5.41. The molecule has 3 nitrogen and oxygen atoms in total. The van der Waals surface area contributed by atoms with Crippen LogP contribution in [0.2, 0.25) is 0 Å². The molecule has 0 saturated heterocycles. The maximum atomic E-state index is 11.4. The van der Waals surface area contributed by atoms with Crippen molar-refractivity contribution in [3.63, 3.8) is 0 Å². The van der Waals surface area contributed by atoms with Crippen LogP contribution < -0.4 is 10.0 Å². The molecule has 0 heterocycles. The Bertz CT molecular complexity index is 299. The van der Waals surface area contributed by atoms with Gasteiger partial charge in [-0.25, -0.2) is 0 Å². The van der Waals surface area contributed by atoms with Gasteiger partial charge in [-0.1, -0.05) is 12.1 Å². The van der Waals surface area contributed by atoms with E-state index in [4.69, 9.17) is 9.26 Å². The van der Waals surface area contributed by atoms with Gasteiger partial charge in [-0.05, 0) is 19.1 Å². The number of ether oxygens (including phenoxy) is 1. The van der Waals surface area contributed by atoms with Crippen molar-refractivity contribution in [3.8, 4) is 5.75 Å². The Morgan fingerprint density at radius 3 is 2.69 bits per heavy atom. The van der Waals surface area contributed by atoms with E-state index < -0.39 is 8.03 Å². The van der Waals surface area contributed by atoms with Crippen LogP contribution in [0.5, 0.6) is 5.75 Å². The fraction of sp³-hybridized carbons (Fsp3) is 0.333. The van der Waals surface area contributed by atoms with Gasteiger partial charge in [-0.3, -0.25) is 4.57 Å². The van der Waals surface area contributed by atoms with Crippen LogP contribution in [0.1, 0.15) is 6.92 Å². The van der Waals surface area contributed by atoms with Crippen molar-refractivity contribution >= 4 is 13.3 Å². The number of hydrogen-bond acceptors (Lipinski definition) is 3. The van der Waals surface area contributed by atoms with Crippen LogP contribution >= 0.6 is 8.03 Å². The van der Waals surface area contributed by atoms with Crippen molar-refractivity contribution in [3.05, 3.63) is 24.3 Å². The summed E-state index contributed by atoms with van der Waals surface area (Å²) in [5.74, 6) is 0.649. The molecule has 1 aromatic carbocycles. The molecule has 1 rings (SSSR count). The molecule has 1 unspecified atom stereocenters. The monoisotopic (exact) mass is 200 g/mol. The van der Waals surface area contributed by atoms with Gasteiger partial charge in [0.05, 0.1) is 11.9 Å². The summed E-state index contributed by atoms with van der Waals surface area (Å²) >= 11 is 0. The van der Waals surface area contributed by atoms with Gasteiger partial charge in [-0.2, -0.15) is 0 Å². The smallest absolute Gasteiger partial charge is 0.224 e. The van der Waals surface area contributed by atoms with Crippen LogP contribution in [0.3, 0.4) is 0 Å². The fourth-order valence-corrected chi connectivity index (χ4v) is 1.84. The second-order valence-electron chi connectivity index (χ2n) is 2.42. The standard InChI is InChI=1S/C9H13O3P/c1-3-12-8-6-4-5-7-9(8)13(10)11-2/h4-7,13H,3H2,1-2H3. The fourth-order valence-electron chi connectivity index (χ4n) is 1.03. The van der Waals surface area contributed by atoms with Gasteiger partial charge < -0.3 is 9.26 Å². The van der Waals surface area contributed by atoms with Crippen LogP contribution in [-0.2, 0) is 9.09 Å². The van der Waals surface area contributed by atoms with Crippen molar-refractivity contribution in [1.82, 2.24) is 0 Å². The Kier molecular flexibility index (Phi) is 4.00. The summed E-state index contributed by atoms with van der Waals surface area (Å²) in [5, 5.41) is 0.650. The summed E-state index contributed by atoms with van der Waals surface area (Å²) in [5.41, 5.74) is 0. The van der Waals surface area contributed by atoms with Crippen molar-refractivity contribution in [2.75, 3.05) is 13.7 Å². The third-order valence-corrected chi connectivity index (χ3v) is 2.82. The van der Waals surface area contributed by atoms with E-state index in [-0.39, 0.29) is 0 Å². The summed E-state index contributed by atoms with van der Waals surface area (Å²) in [6, 6.07) is 7.22. The number of rotatable bonds is 4. The van der Waals surface area contributed by atoms with Crippen molar-refractivity contribution in [2.45, 2.75) is 6.92 Å². The maximum absolute atomic E-state index is 11.4. The van der Waals surface area contributed by atoms with E-state index in [2.05, 4.69) is 0 Å². The second kappa shape index (κ2) is 5.05. The third-order valence-electron chi connectivity index (χ3n) is 1.59. The Morgan fingerprint density at radius 2 is 2.08 bits per heavy atom. The second-order valence-corrected chi connectivity index (χ2v) is 3.94. The minimum Gasteiger partial charge on any atom is -0.493 e. The molecule has 1 atom stereocenters. The first-order valence-electron chi connectivity index (χ1n) is 4.09. The van der Waals surface area contributed by atoms with Crippen LogP contribution in [-0.4, -0.2) is 13.7 Å². The summed E-state index contributed by atoms with van der Waals surface area (Å²) in [6.45, 7) is 2.46. The molecule has 0 spiro atoms. The highest BCUT2D eigenvalue weighted by molar-refractivity contribution is 7.48. The zero-order valence-corrected chi connectivity index (χ0v) is 8.74. The van der Waals surface area contributed by atoms with Gasteiger partial charge in [0.25, 0.3) is 0 Å². The lowest BCUT2D eigenvalue weighted by Gasteiger charge is -2.07. The Morgan fingerprint density at radius 1 is 1.38 bits per heavy atom. The normalized spacial score (nSPS) is 12.5. The van der Waals surface area contributed by atoms with E-state index in [0.717, 1.165) is 0 Å². The van der Waals surface area contributed by atoms with Crippen molar-refractivity contribution in [2.24, 2.45) is 0 Å². The Hall–Kier alpha value is -0.790. The molecule has 0 fully saturated rings. The van der Waals surface area contributed by atoms with Gasteiger partial charge in [0.15, 0.2) is 0 Å². The van der Waals surface area contributed by atoms with E-state index in [1.54, 1.807) is 12.1 Å². The molecule has 4 heteroatoms. The SMILES string of the molecule is CCOc1ccccc1[PH](=O)OC. The predicted octanol–water partition coefficient (Wildman–Crippen LogP) is 1.83. The van der Waals surface area contributed by atoms with Crippen LogP contribution in [0.15, 0.2) is 24.3 Å². The average molecular weight is 200 g/mol. The predicted molar refractivity (Wildman–Crippen MR) is 53.3 cm³/mol. The molecule has 0 radical (unpaired) electrons. The van der Waals surface area contributed by atoms with E-state index >= 15 is 0 Å². The van der Waals surface area contributed by atoms with Gasteiger partial charge in [0.2, 0.25) is 8.03 Å². The summed E-state index contributed by atoms with van der Waals surface area (Å²) in [7, 11) is -0.699. The zero-order valence-electron chi connectivity index (χ0n) is 7.74. The minimum absolute atomic E-state index is 0.565. The molecule has 1 aromatic rings. The lowest BCUT2D eigenvalue weighted by Crippen LogP contribution is -2.05. The van der Waals surface area contributed by atoms with Gasteiger partial charge >= 0.3 is 0 Å². The lowest BCUT2D eigenvalue weighted by atomic mass is 10.3. The summed E-state index contributed by atoms with van der Waals surface area (Å²) < 4.78 is 21.5. The van der Waals surface area contributed by atoms with Gasteiger partial charge in [0, 0.05) is 7.11 Å². The Labute approximate surface area is 78.5 Å². The van der Waals surface area contributed by atoms with Gasteiger partial charge in [0.1, 0.15) is 5.75 Å². The molecular weight excluding hydrogens is 187 g/mol. The summed E-state index contributed by atoms with van der Waals surface area (Å²) in [6.07, 6.45) is 0. The molecule has 0 aliphatic rings. The molecule has 0 aliphatic carbocycles. The minimum atomic E-state index is -2.13. The molecule has 0 aromatic heterocycles. The molecule has 0 N–H and O–H groups in total. The first-order chi connectivity index (χ1) is 6.29. The number of benzene rings is 1. The molecule has 0 aliphatic heterocycles. The molecule has 72 valence electrons. The quantitative estimate of drug-likeness (QED) is 0.695. The van der Waals surface area contributed by atoms with Crippen LogP contribution in [0, 0.1) is 0 Å². The molecular formula is C9H13O3P. The number of hydrogen-bond donors (Lipinski definition) is 0.